The number of aryl methyl sites for hydroxylation is 1. The van der Waals surface area contributed by atoms with Crippen molar-refractivity contribution in [1.82, 2.24) is 4.90 Å². The summed E-state index contributed by atoms with van der Waals surface area (Å²) in [6, 6.07) is 2.91. The lowest BCUT2D eigenvalue weighted by Crippen LogP contribution is -2.50. The summed E-state index contributed by atoms with van der Waals surface area (Å²) in [7, 11) is 0. The van der Waals surface area contributed by atoms with E-state index in [9.17, 15) is 17.6 Å². The van der Waals surface area contributed by atoms with E-state index < -0.39 is 11.9 Å². The second kappa shape index (κ2) is 9.20. The van der Waals surface area contributed by atoms with Crippen LogP contribution in [0.3, 0.4) is 0 Å². The summed E-state index contributed by atoms with van der Waals surface area (Å²) in [5.74, 6) is -0.864. The highest BCUT2D eigenvalue weighted by Gasteiger charge is 2.29. The highest BCUT2D eigenvalue weighted by Crippen LogP contribution is 2.34. The molecule has 156 valence electrons. The van der Waals surface area contributed by atoms with E-state index in [0.717, 1.165) is 30.9 Å². The van der Waals surface area contributed by atoms with Gasteiger partial charge in [0.25, 0.3) is 0 Å². The third-order valence-corrected chi connectivity index (χ3v) is 7.34. The van der Waals surface area contributed by atoms with Crippen LogP contribution in [0.4, 0.5) is 23.2 Å². The van der Waals surface area contributed by atoms with Gasteiger partial charge in [-0.05, 0) is 37.5 Å². The molecule has 28 heavy (non-hydrogen) atoms. The normalized spacial score (nSPS) is 19.2. The van der Waals surface area contributed by atoms with Crippen molar-refractivity contribution in [3.05, 3.63) is 23.5 Å². The third-order valence-electron chi connectivity index (χ3n) is 5.52. The average molecular weight is 435 g/mol. The Kier molecular flexibility index (Phi) is 7.12. The van der Waals surface area contributed by atoms with E-state index in [1.54, 1.807) is 13.0 Å². The van der Waals surface area contributed by atoms with Gasteiger partial charge in [-0.15, -0.1) is 11.8 Å². The molecule has 0 amide bonds. The molecule has 0 atom stereocenters. The first-order chi connectivity index (χ1) is 13.2. The molecule has 0 aromatic heterocycles. The van der Waals surface area contributed by atoms with Gasteiger partial charge in [-0.2, -0.15) is 13.2 Å². The molecular formula is C20H26F4N2S2. The van der Waals surface area contributed by atoms with Crippen LogP contribution < -0.4 is 4.90 Å². The number of nitrogens with zero attached hydrogens (tertiary/aromatic N) is 2. The van der Waals surface area contributed by atoms with Crippen LogP contribution in [0, 0.1) is 18.7 Å². The molecule has 8 heteroatoms. The summed E-state index contributed by atoms with van der Waals surface area (Å²) < 4.78 is 52.2. The number of hydrogen-bond acceptors (Lipinski definition) is 3. The summed E-state index contributed by atoms with van der Waals surface area (Å²) in [5, 5.41) is 0. The Labute approximate surface area is 173 Å². The number of rotatable bonds is 4. The number of thioether (sulfide) groups is 1. The van der Waals surface area contributed by atoms with Gasteiger partial charge >= 0.3 is 6.18 Å². The smallest absolute Gasteiger partial charge is 0.366 e. The highest BCUT2D eigenvalue weighted by molar-refractivity contribution is 7.99. The first kappa shape index (κ1) is 21.7. The van der Waals surface area contributed by atoms with Crippen LogP contribution in [-0.2, 0) is 0 Å². The van der Waals surface area contributed by atoms with E-state index in [1.807, 2.05) is 4.90 Å². The van der Waals surface area contributed by atoms with Crippen molar-refractivity contribution in [2.45, 2.75) is 50.1 Å². The molecule has 1 aromatic carbocycles. The predicted molar refractivity (Wildman–Crippen MR) is 111 cm³/mol. The Bertz CT molecular complexity index is 694. The lowest BCUT2D eigenvalue weighted by Gasteiger charge is -2.40. The van der Waals surface area contributed by atoms with Crippen molar-refractivity contribution in [2.75, 3.05) is 36.8 Å². The van der Waals surface area contributed by atoms with Gasteiger partial charge < -0.3 is 9.80 Å². The highest BCUT2D eigenvalue weighted by atomic mass is 32.2. The zero-order valence-corrected chi connectivity index (χ0v) is 17.7. The van der Waals surface area contributed by atoms with Gasteiger partial charge in [-0.25, -0.2) is 4.39 Å². The number of thiocarbonyl (C=S) groups is 1. The van der Waals surface area contributed by atoms with Crippen LogP contribution in [0.15, 0.2) is 17.0 Å². The van der Waals surface area contributed by atoms with Crippen molar-refractivity contribution in [3.63, 3.8) is 0 Å². The van der Waals surface area contributed by atoms with Crippen LogP contribution in [0.5, 0.6) is 0 Å². The maximum Gasteiger partial charge on any atom is 0.398 e. The molecule has 1 saturated heterocycles. The second-order valence-corrected chi connectivity index (χ2v) is 9.06. The number of halogens is 4. The first-order valence-electron chi connectivity index (χ1n) is 9.78. The Morgan fingerprint density at radius 2 is 1.75 bits per heavy atom. The monoisotopic (exact) mass is 434 g/mol. The number of anilines is 1. The zero-order valence-electron chi connectivity index (χ0n) is 16.0. The first-order valence-corrected chi connectivity index (χ1v) is 11.2. The summed E-state index contributed by atoms with van der Waals surface area (Å²) >= 11 is 6.42. The topological polar surface area (TPSA) is 6.48 Å². The van der Waals surface area contributed by atoms with Crippen LogP contribution >= 0.6 is 24.0 Å². The largest absolute Gasteiger partial charge is 0.398 e. The predicted octanol–water partition coefficient (Wildman–Crippen LogP) is 5.82. The van der Waals surface area contributed by atoms with Gasteiger partial charge in [0, 0.05) is 37.0 Å². The molecule has 1 aliphatic heterocycles. The van der Waals surface area contributed by atoms with Crippen molar-refractivity contribution in [2.24, 2.45) is 5.92 Å². The fraction of sp³-hybridized carbons (Fsp3) is 0.650. The van der Waals surface area contributed by atoms with E-state index in [2.05, 4.69) is 4.90 Å². The SMILES string of the molecule is Cc1cc(F)c(N2CCN(C(=S)C3CCCCC3)CC2)cc1SCC(F)(F)F. The molecular weight excluding hydrogens is 408 g/mol. The molecule has 1 aliphatic carbocycles. The maximum atomic E-state index is 14.5. The molecule has 1 aromatic rings. The molecule has 2 aliphatic rings. The van der Waals surface area contributed by atoms with Crippen molar-refractivity contribution < 1.29 is 17.6 Å². The molecule has 1 saturated carbocycles. The molecule has 1 heterocycles. The van der Waals surface area contributed by atoms with Crippen molar-refractivity contribution in [3.8, 4) is 0 Å². The standard InChI is InChI=1S/C20H26F4N2S2/c1-14-11-16(21)17(12-18(14)28-13-20(22,23)24)25-7-9-26(10-8-25)19(27)15-5-3-2-4-6-15/h11-12,15H,2-10,13H2,1H3. The van der Waals surface area contributed by atoms with E-state index in [0.29, 0.717) is 46.9 Å². The van der Waals surface area contributed by atoms with E-state index in [1.165, 1.54) is 25.3 Å². The lowest BCUT2D eigenvalue weighted by molar-refractivity contribution is -0.105. The number of benzene rings is 1. The average Bonchev–Trinajstić information content (AvgIpc) is 2.67. The van der Waals surface area contributed by atoms with Crippen LogP contribution in [0.25, 0.3) is 0 Å². The molecule has 0 N–H and O–H groups in total. The number of piperazine rings is 1. The van der Waals surface area contributed by atoms with Crippen LogP contribution in [0.2, 0.25) is 0 Å². The molecule has 0 radical (unpaired) electrons. The fourth-order valence-corrected chi connectivity index (χ4v) is 5.19. The van der Waals surface area contributed by atoms with Crippen molar-refractivity contribution in [1.29, 1.82) is 0 Å². The minimum Gasteiger partial charge on any atom is -0.366 e. The minimum atomic E-state index is -4.24. The Morgan fingerprint density at radius 3 is 2.36 bits per heavy atom. The minimum absolute atomic E-state index is 0.378. The number of alkyl halides is 3. The van der Waals surface area contributed by atoms with Gasteiger partial charge in [0.2, 0.25) is 0 Å². The Hall–Kier alpha value is -1.02. The zero-order chi connectivity index (χ0) is 20.3. The van der Waals surface area contributed by atoms with Crippen molar-refractivity contribution >= 4 is 34.7 Å². The van der Waals surface area contributed by atoms with E-state index in [-0.39, 0.29) is 5.82 Å². The Balaban J connectivity index is 1.64. The van der Waals surface area contributed by atoms with Gasteiger partial charge in [0.05, 0.1) is 16.4 Å². The van der Waals surface area contributed by atoms with Crippen LogP contribution in [-0.4, -0.2) is 48.0 Å². The molecule has 0 spiro atoms. The molecule has 2 fully saturated rings. The quantitative estimate of drug-likeness (QED) is 0.335. The van der Waals surface area contributed by atoms with E-state index in [4.69, 9.17) is 12.2 Å². The van der Waals surface area contributed by atoms with Gasteiger partial charge in [0.1, 0.15) is 5.82 Å². The maximum absolute atomic E-state index is 14.5. The molecule has 0 bridgehead atoms. The lowest BCUT2D eigenvalue weighted by atomic mass is 9.88. The summed E-state index contributed by atoms with van der Waals surface area (Å²) in [6.45, 7) is 4.35. The number of hydrogen-bond donors (Lipinski definition) is 0. The molecule has 0 unspecified atom stereocenters. The van der Waals surface area contributed by atoms with Gasteiger partial charge in [-0.1, -0.05) is 31.5 Å². The Morgan fingerprint density at radius 1 is 1.11 bits per heavy atom. The third kappa shape index (κ3) is 5.53. The summed E-state index contributed by atoms with van der Waals surface area (Å²) in [4.78, 5) is 5.67. The van der Waals surface area contributed by atoms with Gasteiger partial charge in [-0.3, -0.25) is 0 Å². The molecule has 3 rings (SSSR count). The summed E-state index contributed by atoms with van der Waals surface area (Å²) in [5.41, 5.74) is 0.922. The van der Waals surface area contributed by atoms with Crippen LogP contribution in [0.1, 0.15) is 37.7 Å². The molecule has 2 nitrogen and oxygen atoms in total. The van der Waals surface area contributed by atoms with E-state index >= 15 is 0 Å². The van der Waals surface area contributed by atoms with Gasteiger partial charge in [0.15, 0.2) is 0 Å². The fourth-order valence-electron chi connectivity index (χ4n) is 3.98. The second-order valence-electron chi connectivity index (χ2n) is 7.62. The summed E-state index contributed by atoms with van der Waals surface area (Å²) in [6.07, 6.45) is 1.83.